The molecular formula is C43H26N4. The summed E-state index contributed by atoms with van der Waals surface area (Å²) in [6, 6.07) is 58.0. The molecule has 0 aliphatic carbocycles. The summed E-state index contributed by atoms with van der Waals surface area (Å²) in [5.41, 5.74) is 12.4. The van der Waals surface area contributed by atoms with E-state index in [1.165, 1.54) is 11.1 Å². The minimum absolute atomic E-state index is 0.600. The average Bonchev–Trinajstić information content (AvgIpc) is 3.48. The van der Waals surface area contributed by atoms with Gasteiger partial charge in [0.1, 0.15) is 0 Å². The summed E-state index contributed by atoms with van der Waals surface area (Å²) < 4.78 is 2.32. The van der Waals surface area contributed by atoms with Crippen molar-refractivity contribution in [3.05, 3.63) is 169 Å². The monoisotopic (exact) mass is 598 g/mol. The van der Waals surface area contributed by atoms with E-state index in [-0.39, 0.29) is 0 Å². The van der Waals surface area contributed by atoms with Crippen LogP contribution in [0.25, 0.3) is 72.3 Å². The lowest BCUT2D eigenvalue weighted by Crippen LogP contribution is -1.98. The molecule has 0 unspecified atom stereocenters. The van der Waals surface area contributed by atoms with Gasteiger partial charge in [0.2, 0.25) is 0 Å². The van der Waals surface area contributed by atoms with Gasteiger partial charge in [-0.15, -0.1) is 0 Å². The fraction of sp³-hybridized carbons (Fsp3) is 0. The van der Waals surface area contributed by atoms with E-state index >= 15 is 0 Å². The molecule has 0 saturated heterocycles. The zero-order valence-corrected chi connectivity index (χ0v) is 25.3. The SMILES string of the molecule is N#Cc1ccc(-c2cc(-n3c4ccc(-c5ccccc5)cc4c4cc(-c5ccccc5)ccc43)cc(-c3ccc(C#N)cc3)n2)cc1. The molecule has 8 aromatic rings. The molecule has 218 valence electrons. The highest BCUT2D eigenvalue weighted by molar-refractivity contribution is 6.11. The molecule has 0 saturated carbocycles. The maximum atomic E-state index is 9.40. The van der Waals surface area contributed by atoms with Crippen LogP contribution in [0, 0.1) is 22.7 Å². The molecule has 4 heteroatoms. The molecule has 8 rings (SSSR count). The molecule has 6 aromatic carbocycles. The molecule has 0 bridgehead atoms. The zero-order chi connectivity index (χ0) is 31.7. The van der Waals surface area contributed by atoms with Crippen LogP contribution >= 0.6 is 0 Å². The maximum absolute atomic E-state index is 9.40. The van der Waals surface area contributed by atoms with Crippen LogP contribution in [0.4, 0.5) is 0 Å². The zero-order valence-electron chi connectivity index (χ0n) is 25.3. The normalized spacial score (nSPS) is 10.9. The molecule has 0 aliphatic heterocycles. The van der Waals surface area contributed by atoms with Crippen molar-refractivity contribution in [1.29, 1.82) is 10.5 Å². The topological polar surface area (TPSA) is 65.4 Å². The number of nitrogens with zero attached hydrogens (tertiary/aromatic N) is 4. The second kappa shape index (κ2) is 11.6. The van der Waals surface area contributed by atoms with Gasteiger partial charge in [-0.1, -0.05) is 97.1 Å². The van der Waals surface area contributed by atoms with Crippen molar-refractivity contribution in [3.8, 4) is 62.6 Å². The van der Waals surface area contributed by atoms with Gasteiger partial charge in [0.15, 0.2) is 0 Å². The van der Waals surface area contributed by atoms with Gasteiger partial charge in [-0.25, -0.2) is 4.98 Å². The van der Waals surface area contributed by atoms with Crippen LogP contribution < -0.4 is 0 Å². The van der Waals surface area contributed by atoms with Crippen molar-refractivity contribution in [1.82, 2.24) is 9.55 Å². The van der Waals surface area contributed by atoms with Gasteiger partial charge in [0.25, 0.3) is 0 Å². The van der Waals surface area contributed by atoms with E-state index in [1.807, 2.05) is 60.7 Å². The van der Waals surface area contributed by atoms with E-state index in [2.05, 4.69) is 114 Å². The van der Waals surface area contributed by atoms with E-state index in [0.29, 0.717) is 11.1 Å². The summed E-state index contributed by atoms with van der Waals surface area (Å²) in [4.78, 5) is 5.08. The van der Waals surface area contributed by atoms with Crippen molar-refractivity contribution >= 4 is 21.8 Å². The molecule has 0 N–H and O–H groups in total. The minimum Gasteiger partial charge on any atom is -0.309 e. The summed E-state index contributed by atoms with van der Waals surface area (Å²) >= 11 is 0. The lowest BCUT2D eigenvalue weighted by Gasteiger charge is -2.14. The average molecular weight is 599 g/mol. The highest BCUT2D eigenvalue weighted by atomic mass is 15.0. The molecule has 2 aromatic heterocycles. The van der Waals surface area contributed by atoms with Crippen molar-refractivity contribution in [2.75, 3.05) is 0 Å². The van der Waals surface area contributed by atoms with Gasteiger partial charge >= 0.3 is 0 Å². The van der Waals surface area contributed by atoms with Crippen LogP contribution in [0.1, 0.15) is 11.1 Å². The summed E-state index contributed by atoms with van der Waals surface area (Å²) in [5, 5.41) is 21.1. The molecule has 0 atom stereocenters. The molecule has 0 spiro atoms. The molecule has 4 nitrogen and oxygen atoms in total. The Morgan fingerprint density at radius 2 is 0.809 bits per heavy atom. The van der Waals surface area contributed by atoms with Crippen molar-refractivity contribution in [3.63, 3.8) is 0 Å². The second-order valence-corrected chi connectivity index (χ2v) is 11.5. The number of rotatable bonds is 5. The van der Waals surface area contributed by atoms with Gasteiger partial charge in [-0.2, -0.15) is 10.5 Å². The summed E-state index contributed by atoms with van der Waals surface area (Å²) in [7, 11) is 0. The lowest BCUT2D eigenvalue weighted by molar-refractivity contribution is 1.16. The third-order valence-electron chi connectivity index (χ3n) is 8.67. The predicted molar refractivity (Wildman–Crippen MR) is 190 cm³/mol. The fourth-order valence-corrected chi connectivity index (χ4v) is 6.29. The van der Waals surface area contributed by atoms with Gasteiger partial charge in [0, 0.05) is 21.9 Å². The van der Waals surface area contributed by atoms with Crippen molar-refractivity contribution in [2.45, 2.75) is 0 Å². The maximum Gasteiger partial charge on any atom is 0.0991 e. The Morgan fingerprint density at radius 3 is 1.21 bits per heavy atom. The first kappa shape index (κ1) is 27.8. The first-order valence-electron chi connectivity index (χ1n) is 15.4. The predicted octanol–water partition coefficient (Wildman–Crippen LogP) is 10.6. The van der Waals surface area contributed by atoms with Crippen molar-refractivity contribution < 1.29 is 0 Å². The molecule has 0 fully saturated rings. The summed E-state index contributed by atoms with van der Waals surface area (Å²) in [6.07, 6.45) is 0. The Labute approximate surface area is 272 Å². The smallest absolute Gasteiger partial charge is 0.0991 e. The Bertz CT molecular complexity index is 2320. The number of fused-ring (bicyclic) bond motifs is 3. The summed E-state index contributed by atoms with van der Waals surface area (Å²) in [5.74, 6) is 0. The highest BCUT2D eigenvalue weighted by Gasteiger charge is 2.17. The van der Waals surface area contributed by atoms with Crippen LogP contribution in [0.3, 0.4) is 0 Å². The van der Waals surface area contributed by atoms with E-state index in [4.69, 9.17) is 4.98 Å². The standard InChI is InChI=1S/C43H26N4/c44-27-29-11-15-33(16-12-29)40-25-37(26-41(46-40)34-17-13-30(28-45)14-18-34)47-42-21-19-35(31-7-3-1-4-8-31)23-38(42)39-24-36(20-22-43(39)47)32-9-5-2-6-10-32/h1-26H. The highest BCUT2D eigenvalue weighted by Crippen LogP contribution is 2.38. The number of pyridine rings is 1. The molecule has 0 aliphatic rings. The first-order valence-corrected chi connectivity index (χ1v) is 15.4. The summed E-state index contributed by atoms with van der Waals surface area (Å²) in [6.45, 7) is 0. The van der Waals surface area contributed by atoms with E-state index in [0.717, 1.165) is 61.1 Å². The third kappa shape index (κ3) is 5.11. The van der Waals surface area contributed by atoms with Crippen molar-refractivity contribution in [2.24, 2.45) is 0 Å². The van der Waals surface area contributed by atoms with Gasteiger partial charge in [0.05, 0.1) is 51.4 Å². The lowest BCUT2D eigenvalue weighted by atomic mass is 10.0. The van der Waals surface area contributed by atoms with Crippen LogP contribution in [-0.4, -0.2) is 9.55 Å². The van der Waals surface area contributed by atoms with Gasteiger partial charge < -0.3 is 4.57 Å². The minimum atomic E-state index is 0.600. The fourth-order valence-electron chi connectivity index (χ4n) is 6.29. The quantitative estimate of drug-likeness (QED) is 0.198. The molecule has 47 heavy (non-hydrogen) atoms. The number of hydrogen-bond donors (Lipinski definition) is 0. The van der Waals surface area contributed by atoms with Gasteiger partial charge in [-0.3, -0.25) is 0 Å². The molecular weight excluding hydrogens is 573 g/mol. The molecule has 0 radical (unpaired) electrons. The Hall–Kier alpha value is -6.75. The molecule has 0 amide bonds. The van der Waals surface area contributed by atoms with Crippen LogP contribution in [-0.2, 0) is 0 Å². The third-order valence-corrected chi connectivity index (χ3v) is 8.67. The number of aromatic nitrogens is 2. The number of hydrogen-bond acceptors (Lipinski definition) is 3. The molecule has 2 heterocycles. The second-order valence-electron chi connectivity index (χ2n) is 11.5. The van der Waals surface area contributed by atoms with Crippen LogP contribution in [0.2, 0.25) is 0 Å². The Balaban J connectivity index is 1.40. The van der Waals surface area contributed by atoms with Gasteiger partial charge in [-0.05, 0) is 82.9 Å². The number of nitriles is 2. The first-order chi connectivity index (χ1) is 23.2. The number of benzene rings is 6. The Kier molecular flexibility index (Phi) is 6.88. The Morgan fingerprint density at radius 1 is 0.404 bits per heavy atom. The van der Waals surface area contributed by atoms with Crippen LogP contribution in [0.5, 0.6) is 0 Å². The van der Waals surface area contributed by atoms with E-state index in [1.54, 1.807) is 0 Å². The van der Waals surface area contributed by atoms with E-state index in [9.17, 15) is 10.5 Å². The largest absolute Gasteiger partial charge is 0.309 e. The van der Waals surface area contributed by atoms with Crippen LogP contribution in [0.15, 0.2) is 158 Å². The van der Waals surface area contributed by atoms with E-state index < -0.39 is 0 Å².